The van der Waals surface area contributed by atoms with Crippen LogP contribution in [0.2, 0.25) is 0 Å². The van der Waals surface area contributed by atoms with Crippen LogP contribution in [0.5, 0.6) is 0 Å². The summed E-state index contributed by atoms with van der Waals surface area (Å²) in [6, 6.07) is 0. The molecule has 0 fully saturated rings. The van der Waals surface area contributed by atoms with Crippen molar-refractivity contribution < 1.29 is 0 Å². The number of rotatable bonds is 0. The third-order valence-electron chi connectivity index (χ3n) is 0. The maximum atomic E-state index is 0. The fourth-order valence-electron chi connectivity index (χ4n) is 0. The number of hydrogen-bond donors (Lipinski definition) is 0. The molecule has 0 aromatic rings. The molecule has 0 saturated heterocycles. The summed E-state index contributed by atoms with van der Waals surface area (Å²) in [5, 5.41) is 0. The SMILES string of the molecule is [Al].[Ga].[P].[Sb]. The van der Waals surface area contributed by atoms with Crippen LogP contribution >= 0.6 is 9.90 Å². The molecular weight excluding hydrogens is 249 g/mol. The molecule has 0 aromatic heterocycles. The molecule has 0 spiro atoms. The van der Waals surface area contributed by atoms with Crippen molar-refractivity contribution >= 4 is 71.5 Å². The first-order valence-electron chi connectivity index (χ1n) is 0. The van der Waals surface area contributed by atoms with Gasteiger partial charge in [0.1, 0.15) is 0 Å². The van der Waals surface area contributed by atoms with Crippen LogP contribution in [0.3, 0.4) is 0 Å². The normalized spacial score (nSPS) is 0. The van der Waals surface area contributed by atoms with Gasteiger partial charge in [-0.1, -0.05) is 0 Å². The second kappa shape index (κ2) is 18.1. The molecule has 0 aliphatic heterocycles. The smallest absolute Gasteiger partial charge is 0 e. The average molecular weight is 249 g/mol. The Morgan fingerprint density at radius 1 is 1.00 bits per heavy atom. The van der Waals surface area contributed by atoms with E-state index in [9.17, 15) is 0 Å². The zero-order valence-electron chi connectivity index (χ0n) is 2.05. The second-order valence-electron chi connectivity index (χ2n) is 0. The Balaban J connectivity index is 0. The minimum absolute atomic E-state index is 0. The van der Waals surface area contributed by atoms with Gasteiger partial charge in [0.05, 0.1) is 0 Å². The molecule has 0 heterocycles. The Hall–Kier alpha value is 2.42. The van der Waals surface area contributed by atoms with Gasteiger partial charge in [-0.2, -0.15) is 0 Å². The summed E-state index contributed by atoms with van der Waals surface area (Å²) in [7, 11) is 0. The molecule has 4 heavy (non-hydrogen) atoms. The summed E-state index contributed by atoms with van der Waals surface area (Å²) in [6.07, 6.45) is 0. The molecule has 12 radical (unpaired) electrons. The minimum atomic E-state index is 0. The zero-order chi connectivity index (χ0) is 0. The van der Waals surface area contributed by atoms with Crippen LogP contribution in [0.1, 0.15) is 0 Å². The molecule has 0 saturated carbocycles. The van der Waals surface area contributed by atoms with E-state index in [1.54, 1.807) is 0 Å². The van der Waals surface area contributed by atoms with Gasteiger partial charge in [-0.05, 0) is 0 Å². The van der Waals surface area contributed by atoms with Gasteiger partial charge in [0.25, 0.3) is 0 Å². The van der Waals surface area contributed by atoms with Crippen LogP contribution < -0.4 is 0 Å². The Kier molecular flexibility index (Phi) is 146. The van der Waals surface area contributed by atoms with Gasteiger partial charge in [0.2, 0.25) is 0 Å². The summed E-state index contributed by atoms with van der Waals surface area (Å²) in [5.74, 6) is 0. The minimum Gasteiger partial charge on any atom is 0 e. The molecule has 0 aliphatic rings. The van der Waals surface area contributed by atoms with Crippen LogP contribution in [-0.2, 0) is 0 Å². The first-order chi connectivity index (χ1) is 0. The van der Waals surface area contributed by atoms with E-state index in [2.05, 4.69) is 0 Å². The van der Waals surface area contributed by atoms with E-state index in [4.69, 9.17) is 0 Å². The third-order valence-corrected chi connectivity index (χ3v) is 0. The van der Waals surface area contributed by atoms with Crippen molar-refractivity contribution in [2.75, 3.05) is 0 Å². The maximum absolute atomic E-state index is 0. The van der Waals surface area contributed by atoms with E-state index in [1.807, 2.05) is 0 Å². The van der Waals surface area contributed by atoms with Crippen LogP contribution in [0, 0.1) is 0 Å². The van der Waals surface area contributed by atoms with E-state index in [1.165, 1.54) is 0 Å². The van der Waals surface area contributed by atoms with Crippen molar-refractivity contribution in [1.82, 2.24) is 0 Å². The topological polar surface area (TPSA) is 0 Å². The standard InChI is InChI=1S/Al.Ga.P.Sb. The second-order valence-corrected chi connectivity index (χ2v) is 0. The van der Waals surface area contributed by atoms with Crippen molar-refractivity contribution in [3.8, 4) is 0 Å². The fraction of sp³-hybridized carbons (Fsp3) is 0. The molecule has 16 valence electrons. The monoisotopic (exact) mass is 248 g/mol. The van der Waals surface area contributed by atoms with Gasteiger partial charge in [0, 0.05) is 71.5 Å². The molecule has 0 amide bonds. The molecule has 0 nitrogen and oxygen atoms in total. The van der Waals surface area contributed by atoms with Crippen molar-refractivity contribution in [3.05, 3.63) is 0 Å². The molecule has 0 atom stereocenters. The molecule has 0 aliphatic carbocycles. The number of hydrogen-bond acceptors (Lipinski definition) is 0. The van der Waals surface area contributed by atoms with Crippen molar-refractivity contribution in [2.24, 2.45) is 0 Å². The first-order valence-corrected chi connectivity index (χ1v) is 0. The molecule has 0 aromatic carbocycles. The summed E-state index contributed by atoms with van der Waals surface area (Å²) in [4.78, 5) is 0. The Bertz CT molecular complexity index is 8.00. The molecule has 0 unspecified atom stereocenters. The fourth-order valence-corrected chi connectivity index (χ4v) is 0. The Morgan fingerprint density at radius 3 is 1.00 bits per heavy atom. The van der Waals surface area contributed by atoms with Gasteiger partial charge in [-0.25, -0.2) is 0 Å². The van der Waals surface area contributed by atoms with Gasteiger partial charge in [-0.3, -0.25) is 0 Å². The van der Waals surface area contributed by atoms with Crippen molar-refractivity contribution in [1.29, 1.82) is 0 Å². The summed E-state index contributed by atoms with van der Waals surface area (Å²) < 4.78 is 0. The summed E-state index contributed by atoms with van der Waals surface area (Å²) in [6.45, 7) is 0. The van der Waals surface area contributed by atoms with Gasteiger partial charge < -0.3 is 0 Å². The van der Waals surface area contributed by atoms with E-state index < -0.39 is 0 Å². The summed E-state index contributed by atoms with van der Waals surface area (Å²) >= 11 is 0. The first kappa shape index (κ1) is 32.2. The Morgan fingerprint density at radius 2 is 1.00 bits per heavy atom. The van der Waals surface area contributed by atoms with Crippen molar-refractivity contribution in [3.63, 3.8) is 0 Å². The summed E-state index contributed by atoms with van der Waals surface area (Å²) in [5.41, 5.74) is 0. The van der Waals surface area contributed by atoms with Gasteiger partial charge in [0.15, 0.2) is 0 Å². The maximum Gasteiger partial charge on any atom is 0 e. The molecule has 4 heteroatoms. The molecular formula is AlGaPSb. The van der Waals surface area contributed by atoms with Crippen LogP contribution in [-0.4, -0.2) is 61.6 Å². The van der Waals surface area contributed by atoms with Gasteiger partial charge in [-0.15, -0.1) is 0 Å². The largest absolute Gasteiger partial charge is 0 e. The molecule has 0 N–H and O–H groups in total. The van der Waals surface area contributed by atoms with E-state index >= 15 is 0 Å². The quantitative estimate of drug-likeness (QED) is 0.409. The third kappa shape index (κ3) is 8.83. The van der Waals surface area contributed by atoms with Crippen LogP contribution in [0.25, 0.3) is 0 Å². The molecule has 0 rings (SSSR count). The zero-order valence-corrected chi connectivity index (χ0v) is 9.07. The van der Waals surface area contributed by atoms with Crippen LogP contribution in [0.4, 0.5) is 0 Å². The van der Waals surface area contributed by atoms with E-state index in [0.29, 0.717) is 0 Å². The predicted octanol–water partition coefficient (Wildman–Crippen LogP) is -0.281. The predicted molar refractivity (Wildman–Crippen MR) is 24.2 cm³/mol. The van der Waals surface area contributed by atoms with Crippen LogP contribution in [0.15, 0.2) is 0 Å². The van der Waals surface area contributed by atoms with E-state index in [-0.39, 0.29) is 71.5 Å². The van der Waals surface area contributed by atoms with E-state index in [0.717, 1.165) is 0 Å². The Labute approximate surface area is 70.7 Å². The van der Waals surface area contributed by atoms with Crippen molar-refractivity contribution in [2.45, 2.75) is 0 Å². The average Bonchev–Trinajstić information content (AvgIpc) is 0. The van der Waals surface area contributed by atoms with Gasteiger partial charge >= 0.3 is 0 Å². The molecule has 0 bridgehead atoms.